The molecule has 1 aliphatic heterocycles. The number of carboxylic acid groups (broad SMARTS) is 1. The molecule has 1 unspecified atom stereocenters. The number of oxazole rings is 1. The van der Waals surface area contributed by atoms with E-state index < -0.39 is 28.3 Å². The molecule has 0 aliphatic carbocycles. The second kappa shape index (κ2) is 10.7. The van der Waals surface area contributed by atoms with E-state index >= 15 is 0 Å². The van der Waals surface area contributed by atoms with Gasteiger partial charge in [0.05, 0.1) is 22.3 Å². The van der Waals surface area contributed by atoms with Crippen LogP contribution in [0, 0.1) is 6.92 Å². The largest absolute Gasteiger partial charge is 0.586 e. The third-order valence-corrected chi connectivity index (χ3v) is 8.33. The number of nitrogens with one attached hydrogen (secondary N) is 1. The zero-order valence-electron chi connectivity index (χ0n) is 24.3. The number of benzene rings is 3. The number of nitrogens with zero attached hydrogens (tertiary/aromatic N) is 3. The Morgan fingerprint density at radius 3 is 2.42 bits per heavy atom. The summed E-state index contributed by atoms with van der Waals surface area (Å²) in [4.78, 5) is 15.9. The van der Waals surface area contributed by atoms with Crippen molar-refractivity contribution in [1.82, 2.24) is 20.1 Å². The number of ether oxygens (including phenoxy) is 2. The van der Waals surface area contributed by atoms with Crippen molar-refractivity contribution >= 4 is 15.9 Å². The molecule has 0 bridgehead atoms. The van der Waals surface area contributed by atoms with Gasteiger partial charge in [0.2, 0.25) is 0 Å². The van der Waals surface area contributed by atoms with E-state index in [1.54, 1.807) is 74.1 Å². The summed E-state index contributed by atoms with van der Waals surface area (Å²) in [6, 6.07) is 17.2. The van der Waals surface area contributed by atoms with Crippen LogP contribution >= 0.6 is 0 Å². The topological polar surface area (TPSA) is 149 Å². The molecule has 2 aromatic heterocycles. The van der Waals surface area contributed by atoms with Crippen LogP contribution in [0.1, 0.15) is 24.6 Å². The number of rotatable bonds is 7. The minimum atomic E-state index is -3.80. The van der Waals surface area contributed by atoms with Crippen molar-refractivity contribution in [2.45, 2.75) is 31.1 Å². The fourth-order valence-corrected chi connectivity index (χ4v) is 5.81. The first-order valence-corrected chi connectivity index (χ1v) is 15.4. The van der Waals surface area contributed by atoms with Crippen LogP contribution in [0.5, 0.6) is 11.5 Å². The zero-order chi connectivity index (χ0) is 32.3. The van der Waals surface area contributed by atoms with Crippen LogP contribution < -0.4 is 19.9 Å². The van der Waals surface area contributed by atoms with Gasteiger partial charge in [0.25, 0.3) is 0 Å². The summed E-state index contributed by atoms with van der Waals surface area (Å²) in [5.74, 6) is 0.288. The van der Waals surface area contributed by atoms with Crippen molar-refractivity contribution in [3.05, 3.63) is 78.3 Å². The van der Waals surface area contributed by atoms with Gasteiger partial charge < -0.3 is 29.1 Å². The minimum Gasteiger partial charge on any atom is -0.530 e. The van der Waals surface area contributed by atoms with Gasteiger partial charge in [0.15, 0.2) is 33.0 Å². The van der Waals surface area contributed by atoms with Crippen LogP contribution in [0.15, 0.2) is 76.0 Å². The van der Waals surface area contributed by atoms with E-state index in [1.165, 1.54) is 18.2 Å². The molecule has 14 heteroatoms. The van der Waals surface area contributed by atoms with Gasteiger partial charge in [-0.05, 0) is 60.5 Å². The molecule has 1 aliphatic rings. The van der Waals surface area contributed by atoms with Crippen LogP contribution in [0.4, 0.5) is 13.6 Å². The average molecular weight is 636 g/mol. The lowest BCUT2D eigenvalue weighted by atomic mass is 9.94. The minimum absolute atomic E-state index is 0.124. The Hall–Kier alpha value is -5.24. The molecule has 1 atom stereocenters. The molecule has 0 spiro atoms. The first kappa shape index (κ1) is 29.8. The molecule has 11 nitrogen and oxygen atoms in total. The Morgan fingerprint density at radius 1 is 0.978 bits per heavy atom. The molecule has 3 aromatic carbocycles. The lowest BCUT2D eigenvalue weighted by Gasteiger charge is -2.13. The molecular weight excluding hydrogens is 610 g/mol. The molecule has 6 rings (SSSR count). The molecule has 45 heavy (non-hydrogen) atoms. The number of amides is 1. The van der Waals surface area contributed by atoms with Crippen molar-refractivity contribution < 1.29 is 41.0 Å². The van der Waals surface area contributed by atoms with Crippen molar-refractivity contribution in [3.63, 3.8) is 0 Å². The summed E-state index contributed by atoms with van der Waals surface area (Å²) in [5.41, 5.74) is 4.16. The zero-order valence-corrected chi connectivity index (χ0v) is 25.1. The molecule has 0 fully saturated rings. The maximum absolute atomic E-state index is 13.8. The molecule has 3 heterocycles. The predicted molar refractivity (Wildman–Crippen MR) is 156 cm³/mol. The highest BCUT2D eigenvalue weighted by Crippen LogP contribution is 2.46. The Balaban J connectivity index is 1.55. The summed E-state index contributed by atoms with van der Waals surface area (Å²) in [5, 5.41) is 17.9. The fraction of sp³-hybridized carbons (Fsp3) is 0.194. The lowest BCUT2D eigenvalue weighted by molar-refractivity contribution is -0.286. The van der Waals surface area contributed by atoms with Gasteiger partial charge in [0.1, 0.15) is 11.8 Å². The standard InChI is InChI=1S/C31H26F2N4O7S/c1-16(34-30(38)39)24-15-25(37(3)36-24)22-10-8-19(18-6-5-7-21(12-18)45(4,40)41)13-23(22)29-28(35-17(2)42-29)20-9-11-26-27(14-20)44-31(32,33)43-26/h5-16,34H,1-4H3,(H,38,39)/p-1. The number of hydrogen-bond donors (Lipinski definition) is 1. The molecular formula is C31H25F2N4O7S-. The number of aromatic nitrogens is 3. The van der Waals surface area contributed by atoms with Gasteiger partial charge in [-0.25, -0.2) is 13.4 Å². The van der Waals surface area contributed by atoms with E-state index in [0.717, 1.165) is 6.26 Å². The van der Waals surface area contributed by atoms with Gasteiger partial charge in [0, 0.05) is 36.9 Å². The summed E-state index contributed by atoms with van der Waals surface area (Å²) in [7, 11) is -1.79. The molecule has 1 N–H and O–H groups in total. The molecule has 232 valence electrons. The molecule has 0 saturated carbocycles. The van der Waals surface area contributed by atoms with Crippen molar-refractivity contribution in [2.75, 3.05) is 6.26 Å². The Bertz CT molecular complexity index is 2090. The third kappa shape index (κ3) is 5.83. The van der Waals surface area contributed by atoms with Crippen molar-refractivity contribution in [1.29, 1.82) is 0 Å². The lowest BCUT2D eigenvalue weighted by Crippen LogP contribution is -2.38. The number of aryl methyl sites for hydroxylation is 2. The number of hydrogen-bond acceptors (Lipinski definition) is 9. The summed E-state index contributed by atoms with van der Waals surface area (Å²) >= 11 is 0. The highest BCUT2D eigenvalue weighted by Gasteiger charge is 2.43. The van der Waals surface area contributed by atoms with Gasteiger partial charge in [-0.1, -0.05) is 24.3 Å². The monoisotopic (exact) mass is 635 g/mol. The number of halogens is 2. The van der Waals surface area contributed by atoms with Crippen molar-refractivity contribution in [2.24, 2.45) is 7.05 Å². The van der Waals surface area contributed by atoms with Crippen molar-refractivity contribution in [3.8, 4) is 56.5 Å². The van der Waals surface area contributed by atoms with E-state index in [9.17, 15) is 27.1 Å². The van der Waals surface area contributed by atoms with Crippen LogP contribution in [-0.4, -0.2) is 41.8 Å². The molecule has 1 amide bonds. The van der Waals surface area contributed by atoms with Crippen LogP contribution in [-0.2, 0) is 16.9 Å². The van der Waals surface area contributed by atoms with Gasteiger partial charge in [-0.3, -0.25) is 4.68 Å². The van der Waals surface area contributed by atoms with E-state index in [-0.39, 0.29) is 28.0 Å². The quantitative estimate of drug-likeness (QED) is 0.258. The van der Waals surface area contributed by atoms with E-state index in [2.05, 4.69) is 24.9 Å². The first-order valence-electron chi connectivity index (χ1n) is 13.5. The molecule has 5 aromatic rings. The number of carbonyl (C=O) groups excluding carboxylic acids is 1. The van der Waals surface area contributed by atoms with E-state index in [1.807, 2.05) is 0 Å². The molecule has 0 saturated heterocycles. The average Bonchev–Trinajstić information content (AvgIpc) is 3.64. The molecule has 0 radical (unpaired) electrons. The number of alkyl halides is 2. The summed E-state index contributed by atoms with van der Waals surface area (Å²) in [6.45, 7) is 3.27. The predicted octanol–water partition coefficient (Wildman–Crippen LogP) is 5.10. The Labute approximate surface area is 256 Å². The van der Waals surface area contributed by atoms with Gasteiger partial charge >= 0.3 is 6.29 Å². The normalized spacial score (nSPS) is 14.4. The summed E-state index contributed by atoms with van der Waals surface area (Å²) in [6.07, 6.45) is -4.12. The highest BCUT2D eigenvalue weighted by atomic mass is 32.2. The maximum Gasteiger partial charge on any atom is 0.586 e. The third-order valence-electron chi connectivity index (χ3n) is 7.22. The second-order valence-corrected chi connectivity index (χ2v) is 12.5. The van der Waals surface area contributed by atoms with Crippen LogP contribution in [0.3, 0.4) is 0 Å². The fourth-order valence-electron chi connectivity index (χ4n) is 5.15. The van der Waals surface area contributed by atoms with E-state index in [4.69, 9.17) is 4.42 Å². The van der Waals surface area contributed by atoms with Crippen LogP contribution in [0.25, 0.3) is 45.0 Å². The summed E-state index contributed by atoms with van der Waals surface area (Å²) < 4.78 is 69.0. The van der Waals surface area contributed by atoms with E-state index in [0.29, 0.717) is 44.9 Å². The van der Waals surface area contributed by atoms with Gasteiger partial charge in [-0.15, -0.1) is 8.78 Å². The SMILES string of the molecule is Cc1nc(-c2ccc3c(c2)OC(F)(F)O3)c(-c2cc(-c3cccc(S(C)(=O)=O)c3)ccc2-c2cc(C(C)NC(=O)[O-])nn2C)o1. The smallest absolute Gasteiger partial charge is 0.530 e. The second-order valence-electron chi connectivity index (χ2n) is 10.5. The number of sulfone groups is 1. The highest BCUT2D eigenvalue weighted by molar-refractivity contribution is 7.90. The Morgan fingerprint density at radius 2 is 1.69 bits per heavy atom. The first-order chi connectivity index (χ1) is 21.2. The maximum atomic E-state index is 13.8. The Kier molecular flexibility index (Phi) is 7.11. The van der Waals surface area contributed by atoms with Crippen LogP contribution in [0.2, 0.25) is 0 Å². The number of carbonyl (C=O) groups is 1. The number of fused-ring (bicyclic) bond motifs is 1. The van der Waals surface area contributed by atoms with Gasteiger partial charge in [-0.2, -0.15) is 5.10 Å².